The van der Waals surface area contributed by atoms with Crippen LogP contribution in [-0.2, 0) is 12.7 Å². The quantitative estimate of drug-likeness (QED) is 0.732. The summed E-state index contributed by atoms with van der Waals surface area (Å²) in [5.74, 6) is 0.361. The van der Waals surface area contributed by atoms with Gasteiger partial charge >= 0.3 is 12.2 Å². The lowest BCUT2D eigenvalue weighted by Gasteiger charge is -2.16. The molecule has 0 saturated heterocycles. The Kier molecular flexibility index (Phi) is 6.57. The highest BCUT2D eigenvalue weighted by atomic mass is 32.1. The van der Waals surface area contributed by atoms with Gasteiger partial charge in [-0.1, -0.05) is 0 Å². The van der Waals surface area contributed by atoms with Gasteiger partial charge in [-0.25, -0.2) is 14.8 Å². The van der Waals surface area contributed by atoms with Crippen LogP contribution in [0.1, 0.15) is 17.7 Å². The Bertz CT molecular complexity index is 661. The lowest BCUT2D eigenvalue weighted by Crippen LogP contribution is -2.37. The number of rotatable bonds is 7. The summed E-state index contributed by atoms with van der Waals surface area (Å²) < 4.78 is 37.3. The first-order valence-corrected chi connectivity index (χ1v) is 8.43. The first-order valence-electron chi connectivity index (χ1n) is 7.49. The molecule has 2 amide bonds. The molecule has 0 bridgehead atoms. The minimum Gasteiger partial charge on any atom is -0.370 e. The Hall–Kier alpha value is -2.36. The van der Waals surface area contributed by atoms with Crippen molar-refractivity contribution in [2.24, 2.45) is 0 Å². The molecule has 0 spiro atoms. The number of urea groups is 1. The third-order valence-electron chi connectivity index (χ3n) is 3.26. The molecular formula is C15H18F3N5OS. The number of halogens is 3. The van der Waals surface area contributed by atoms with Gasteiger partial charge in [0, 0.05) is 31.7 Å². The number of anilines is 1. The number of nitrogens with one attached hydrogen (secondary N) is 2. The smallest absolute Gasteiger partial charge is 0.370 e. The summed E-state index contributed by atoms with van der Waals surface area (Å²) in [5, 5.41) is 7.55. The van der Waals surface area contributed by atoms with Crippen molar-refractivity contribution in [3.63, 3.8) is 0 Å². The SMILES string of the molecule is CN(Cc1cscn1)C(=O)NCCCNc1ccc(C(F)(F)F)cn1. The summed E-state index contributed by atoms with van der Waals surface area (Å²) in [6, 6.07) is 2.05. The number of alkyl halides is 3. The Labute approximate surface area is 147 Å². The van der Waals surface area contributed by atoms with Gasteiger partial charge < -0.3 is 15.5 Å². The lowest BCUT2D eigenvalue weighted by molar-refractivity contribution is -0.137. The number of carbonyl (C=O) groups excluding carboxylic acids is 1. The van der Waals surface area contributed by atoms with Crippen molar-refractivity contribution >= 4 is 23.2 Å². The van der Waals surface area contributed by atoms with Crippen molar-refractivity contribution in [3.8, 4) is 0 Å². The van der Waals surface area contributed by atoms with Crippen molar-refractivity contribution in [3.05, 3.63) is 40.5 Å². The Morgan fingerprint density at radius 1 is 1.28 bits per heavy atom. The van der Waals surface area contributed by atoms with E-state index in [2.05, 4.69) is 20.6 Å². The normalized spacial score (nSPS) is 11.2. The second kappa shape index (κ2) is 8.65. The van der Waals surface area contributed by atoms with Gasteiger partial charge in [0.2, 0.25) is 0 Å². The highest BCUT2D eigenvalue weighted by Crippen LogP contribution is 2.28. The molecule has 0 fully saturated rings. The van der Waals surface area contributed by atoms with Crippen LogP contribution in [0.4, 0.5) is 23.8 Å². The second-order valence-electron chi connectivity index (χ2n) is 5.28. The summed E-state index contributed by atoms with van der Waals surface area (Å²) in [6.07, 6.45) is -2.99. The number of hydrogen-bond donors (Lipinski definition) is 2. The Morgan fingerprint density at radius 2 is 2.08 bits per heavy atom. The summed E-state index contributed by atoms with van der Waals surface area (Å²) >= 11 is 1.47. The van der Waals surface area contributed by atoms with Crippen LogP contribution in [-0.4, -0.2) is 41.0 Å². The highest BCUT2D eigenvalue weighted by molar-refractivity contribution is 7.07. The topological polar surface area (TPSA) is 70.2 Å². The fourth-order valence-corrected chi connectivity index (χ4v) is 2.48. The maximum absolute atomic E-state index is 12.4. The molecule has 136 valence electrons. The van der Waals surface area contributed by atoms with Gasteiger partial charge in [-0.3, -0.25) is 0 Å². The van der Waals surface area contributed by atoms with Gasteiger partial charge in [-0.15, -0.1) is 11.3 Å². The van der Waals surface area contributed by atoms with Crippen molar-refractivity contribution in [1.82, 2.24) is 20.2 Å². The fraction of sp³-hybridized carbons (Fsp3) is 0.400. The minimum absolute atomic E-state index is 0.208. The third-order valence-corrected chi connectivity index (χ3v) is 3.89. The molecule has 0 aliphatic heterocycles. The molecule has 0 radical (unpaired) electrons. The molecule has 0 unspecified atom stereocenters. The predicted molar refractivity (Wildman–Crippen MR) is 89.3 cm³/mol. The molecule has 0 aliphatic rings. The average molecular weight is 373 g/mol. The maximum Gasteiger partial charge on any atom is 0.417 e. The first kappa shape index (κ1) is 19.0. The molecular weight excluding hydrogens is 355 g/mol. The number of nitrogens with zero attached hydrogens (tertiary/aromatic N) is 3. The molecule has 0 aromatic carbocycles. The van der Waals surface area contributed by atoms with Crippen LogP contribution in [0.25, 0.3) is 0 Å². The van der Waals surface area contributed by atoms with E-state index in [0.29, 0.717) is 31.9 Å². The van der Waals surface area contributed by atoms with Gasteiger partial charge in [0.05, 0.1) is 23.3 Å². The molecule has 10 heteroatoms. The van der Waals surface area contributed by atoms with E-state index in [-0.39, 0.29) is 6.03 Å². The van der Waals surface area contributed by atoms with E-state index in [0.717, 1.165) is 18.0 Å². The maximum atomic E-state index is 12.4. The van der Waals surface area contributed by atoms with E-state index in [4.69, 9.17) is 0 Å². The van der Waals surface area contributed by atoms with E-state index in [9.17, 15) is 18.0 Å². The molecule has 0 saturated carbocycles. The van der Waals surface area contributed by atoms with Gasteiger partial charge in [-0.2, -0.15) is 13.2 Å². The van der Waals surface area contributed by atoms with Crippen molar-refractivity contribution in [2.75, 3.05) is 25.5 Å². The second-order valence-corrected chi connectivity index (χ2v) is 6.00. The van der Waals surface area contributed by atoms with E-state index >= 15 is 0 Å². The van der Waals surface area contributed by atoms with E-state index < -0.39 is 11.7 Å². The fourth-order valence-electron chi connectivity index (χ4n) is 1.93. The Morgan fingerprint density at radius 3 is 2.68 bits per heavy atom. The highest BCUT2D eigenvalue weighted by Gasteiger charge is 2.30. The first-order chi connectivity index (χ1) is 11.9. The summed E-state index contributed by atoms with van der Waals surface area (Å²) in [5.41, 5.74) is 1.76. The molecule has 2 rings (SSSR count). The molecule has 2 aromatic heterocycles. The average Bonchev–Trinajstić information content (AvgIpc) is 3.07. The largest absolute Gasteiger partial charge is 0.417 e. The van der Waals surface area contributed by atoms with E-state index in [1.165, 1.54) is 22.3 Å². The molecule has 2 N–H and O–H groups in total. The Balaban J connectivity index is 1.63. The van der Waals surface area contributed by atoms with Crippen LogP contribution in [0.2, 0.25) is 0 Å². The third kappa shape index (κ3) is 6.22. The van der Waals surface area contributed by atoms with Crippen LogP contribution >= 0.6 is 11.3 Å². The number of carbonyl (C=O) groups is 1. The van der Waals surface area contributed by atoms with Crippen LogP contribution in [0.5, 0.6) is 0 Å². The minimum atomic E-state index is -4.39. The zero-order valence-corrected chi connectivity index (χ0v) is 14.3. The van der Waals surface area contributed by atoms with Crippen LogP contribution in [0.15, 0.2) is 29.2 Å². The summed E-state index contributed by atoms with van der Waals surface area (Å²) in [6.45, 7) is 1.35. The summed E-state index contributed by atoms with van der Waals surface area (Å²) in [7, 11) is 1.68. The summed E-state index contributed by atoms with van der Waals surface area (Å²) in [4.78, 5) is 21.2. The van der Waals surface area contributed by atoms with Crippen molar-refractivity contribution in [1.29, 1.82) is 0 Å². The molecule has 0 aliphatic carbocycles. The number of pyridine rings is 1. The standard InChI is InChI=1S/C15H18F3N5OS/c1-23(8-12-9-25-10-22-12)14(24)20-6-2-5-19-13-4-3-11(7-21-13)15(16,17)18/h3-4,7,9-10H,2,5-6,8H2,1H3,(H,19,21)(H,20,24). The van der Waals surface area contributed by atoms with E-state index in [1.807, 2.05) is 5.38 Å². The number of thiazole rings is 1. The lowest BCUT2D eigenvalue weighted by atomic mass is 10.3. The van der Waals surface area contributed by atoms with Crippen molar-refractivity contribution in [2.45, 2.75) is 19.1 Å². The molecule has 0 atom stereocenters. The zero-order valence-electron chi connectivity index (χ0n) is 13.5. The van der Waals surface area contributed by atoms with Crippen LogP contribution in [0, 0.1) is 0 Å². The van der Waals surface area contributed by atoms with E-state index in [1.54, 1.807) is 12.6 Å². The predicted octanol–water partition coefficient (Wildman–Crippen LogP) is 3.20. The number of amides is 2. The molecule has 2 heterocycles. The zero-order chi connectivity index (χ0) is 18.3. The van der Waals surface area contributed by atoms with Gasteiger partial charge in [0.25, 0.3) is 0 Å². The van der Waals surface area contributed by atoms with Crippen LogP contribution < -0.4 is 10.6 Å². The van der Waals surface area contributed by atoms with Crippen LogP contribution in [0.3, 0.4) is 0 Å². The molecule has 25 heavy (non-hydrogen) atoms. The monoisotopic (exact) mass is 373 g/mol. The number of aromatic nitrogens is 2. The number of hydrogen-bond acceptors (Lipinski definition) is 5. The molecule has 6 nitrogen and oxygen atoms in total. The van der Waals surface area contributed by atoms with Crippen molar-refractivity contribution < 1.29 is 18.0 Å². The van der Waals surface area contributed by atoms with Gasteiger partial charge in [0.1, 0.15) is 5.82 Å². The van der Waals surface area contributed by atoms with Gasteiger partial charge in [0.15, 0.2) is 0 Å². The molecule has 2 aromatic rings. The van der Waals surface area contributed by atoms with Gasteiger partial charge in [-0.05, 0) is 18.6 Å².